The lowest BCUT2D eigenvalue weighted by molar-refractivity contribution is 0.634. The van der Waals surface area contributed by atoms with Crippen LogP contribution >= 0.6 is 0 Å². The van der Waals surface area contributed by atoms with Crippen molar-refractivity contribution in [3.63, 3.8) is 0 Å². The van der Waals surface area contributed by atoms with Crippen molar-refractivity contribution in [3.05, 3.63) is 72.5 Å². The van der Waals surface area contributed by atoms with E-state index in [1.807, 2.05) is 19.1 Å². The average molecular weight is 298 g/mol. The summed E-state index contributed by atoms with van der Waals surface area (Å²) in [5, 5.41) is 3.22. The molecule has 22 heavy (non-hydrogen) atoms. The fraction of sp³-hybridized carbons (Fsp3) is 0.400. The number of allylic oxidation sites excluding steroid dienone is 4. The third-order valence-corrected chi connectivity index (χ3v) is 3.51. The molecule has 0 saturated heterocycles. The smallest absolute Gasteiger partial charge is 0.0355 e. The molecule has 0 radical (unpaired) electrons. The molecular weight excluding hydrogens is 268 g/mol. The van der Waals surface area contributed by atoms with Gasteiger partial charge in [-0.3, -0.25) is 0 Å². The zero-order valence-corrected chi connectivity index (χ0v) is 13.8. The van der Waals surface area contributed by atoms with Crippen LogP contribution in [0, 0.1) is 0 Å². The van der Waals surface area contributed by atoms with E-state index >= 15 is 0 Å². The maximum Gasteiger partial charge on any atom is 0.0355 e. The van der Waals surface area contributed by atoms with Crippen molar-refractivity contribution in [1.82, 2.24) is 5.32 Å². The molecule has 1 atom stereocenters. The quantitative estimate of drug-likeness (QED) is 0.471. The molecule has 0 heterocycles. The van der Waals surface area contributed by atoms with Gasteiger partial charge in [0.05, 0.1) is 0 Å². The molecule has 1 aromatic carbocycles. The van der Waals surface area contributed by atoms with Gasteiger partial charge in [-0.05, 0) is 44.2 Å². The normalized spacial score (nSPS) is 12.8. The van der Waals surface area contributed by atoms with Crippen LogP contribution in [0.2, 0.25) is 0 Å². The number of rotatable bonds is 11. The average Bonchev–Trinajstić information content (AvgIpc) is 2.54. The largest absolute Gasteiger partial charge is 0.382 e. The Morgan fingerprint density at radius 1 is 1.18 bits per heavy atom. The van der Waals surface area contributed by atoms with Crippen LogP contribution in [0.5, 0.6) is 0 Å². The molecule has 0 bridgehead atoms. The van der Waals surface area contributed by atoms with Gasteiger partial charge in [-0.15, -0.1) is 0 Å². The van der Waals surface area contributed by atoms with Gasteiger partial charge in [-0.1, -0.05) is 61.6 Å². The van der Waals surface area contributed by atoms with Gasteiger partial charge in [0, 0.05) is 18.3 Å². The first-order valence-corrected chi connectivity index (χ1v) is 8.25. The monoisotopic (exact) mass is 298 g/mol. The van der Waals surface area contributed by atoms with Gasteiger partial charge >= 0.3 is 0 Å². The number of nitrogens with two attached hydrogens (primary N) is 1. The van der Waals surface area contributed by atoms with E-state index in [9.17, 15) is 0 Å². The number of hydrogen-bond acceptors (Lipinski definition) is 2. The minimum atomic E-state index is 0.269. The topological polar surface area (TPSA) is 38.0 Å². The van der Waals surface area contributed by atoms with Gasteiger partial charge in [-0.25, -0.2) is 0 Å². The van der Waals surface area contributed by atoms with Crippen LogP contribution in [0.1, 0.15) is 38.2 Å². The van der Waals surface area contributed by atoms with Gasteiger partial charge in [0.2, 0.25) is 0 Å². The lowest BCUT2D eigenvalue weighted by Gasteiger charge is -2.11. The maximum absolute atomic E-state index is 5.55. The van der Waals surface area contributed by atoms with Crippen LogP contribution in [-0.2, 0) is 6.42 Å². The second kappa shape index (κ2) is 11.8. The predicted molar refractivity (Wildman–Crippen MR) is 97.7 cm³/mol. The second-order valence-electron chi connectivity index (χ2n) is 5.68. The highest BCUT2D eigenvalue weighted by Gasteiger charge is 1.95. The molecule has 0 aliphatic carbocycles. The molecule has 2 heteroatoms. The molecule has 3 N–H and O–H groups in total. The van der Waals surface area contributed by atoms with Gasteiger partial charge in [0.25, 0.3) is 0 Å². The van der Waals surface area contributed by atoms with E-state index in [1.165, 1.54) is 31.2 Å². The minimum absolute atomic E-state index is 0.269. The molecule has 0 spiro atoms. The summed E-state index contributed by atoms with van der Waals surface area (Å²) < 4.78 is 0. The Morgan fingerprint density at radius 2 is 1.95 bits per heavy atom. The molecule has 1 rings (SSSR count). The summed E-state index contributed by atoms with van der Waals surface area (Å²) in [7, 11) is 0. The lowest BCUT2D eigenvalue weighted by Crippen LogP contribution is -2.31. The summed E-state index contributed by atoms with van der Waals surface area (Å²) in [5.74, 6) is 0. The molecule has 1 unspecified atom stereocenters. The standard InChI is InChI=1S/C20H30N2/c1-18(22-19(2)17-21)13-9-6-4-3-5-7-10-14-20-15-11-8-12-16-20/h4,6,8-9,11-13,15-16,19,22H,1,3,5,7,10,14,17,21H2,2H3/b6-4+,13-9+. The molecule has 0 saturated carbocycles. The molecule has 0 aromatic heterocycles. The van der Waals surface area contributed by atoms with Crippen molar-refractivity contribution in [2.24, 2.45) is 5.73 Å². The SMILES string of the molecule is C=C(/C=C/C=C/CCCCCc1ccccc1)NC(C)CN. The molecule has 0 fully saturated rings. The highest BCUT2D eigenvalue weighted by Crippen LogP contribution is 2.07. The van der Waals surface area contributed by atoms with Crippen LogP contribution in [0.4, 0.5) is 0 Å². The Hall–Kier alpha value is -1.80. The van der Waals surface area contributed by atoms with E-state index in [0.29, 0.717) is 6.54 Å². The van der Waals surface area contributed by atoms with Crippen molar-refractivity contribution in [1.29, 1.82) is 0 Å². The summed E-state index contributed by atoms with van der Waals surface area (Å²) in [4.78, 5) is 0. The van der Waals surface area contributed by atoms with Crippen LogP contribution in [0.3, 0.4) is 0 Å². The maximum atomic E-state index is 5.55. The molecule has 120 valence electrons. The molecule has 0 aliphatic rings. The van der Waals surface area contributed by atoms with Crippen LogP contribution in [-0.4, -0.2) is 12.6 Å². The fourth-order valence-electron chi connectivity index (χ4n) is 2.18. The number of nitrogens with one attached hydrogen (secondary N) is 1. The van der Waals surface area contributed by atoms with E-state index in [-0.39, 0.29) is 6.04 Å². The van der Waals surface area contributed by atoms with Crippen molar-refractivity contribution < 1.29 is 0 Å². The van der Waals surface area contributed by atoms with Crippen molar-refractivity contribution in [3.8, 4) is 0 Å². The summed E-state index contributed by atoms with van der Waals surface area (Å²) in [6.45, 7) is 6.61. The Labute approximate surface area is 135 Å². The van der Waals surface area contributed by atoms with E-state index in [4.69, 9.17) is 5.73 Å². The first-order valence-electron chi connectivity index (χ1n) is 8.25. The Bertz CT molecular complexity index is 460. The van der Waals surface area contributed by atoms with Crippen LogP contribution in [0.25, 0.3) is 0 Å². The summed E-state index contributed by atoms with van der Waals surface area (Å²) >= 11 is 0. The van der Waals surface area contributed by atoms with E-state index < -0.39 is 0 Å². The van der Waals surface area contributed by atoms with Gasteiger partial charge in [0.1, 0.15) is 0 Å². The molecule has 0 aliphatic heterocycles. The molecule has 1 aromatic rings. The van der Waals surface area contributed by atoms with Gasteiger partial charge in [0.15, 0.2) is 0 Å². The van der Waals surface area contributed by atoms with E-state index in [0.717, 1.165) is 12.1 Å². The second-order valence-corrected chi connectivity index (χ2v) is 5.68. The number of hydrogen-bond donors (Lipinski definition) is 2. The molecule has 0 amide bonds. The molecular formula is C20H30N2. The fourth-order valence-corrected chi connectivity index (χ4v) is 2.18. The lowest BCUT2D eigenvalue weighted by atomic mass is 10.1. The summed E-state index contributed by atoms with van der Waals surface area (Å²) in [6, 6.07) is 11.0. The van der Waals surface area contributed by atoms with Crippen molar-refractivity contribution >= 4 is 0 Å². The Balaban J connectivity index is 2.03. The zero-order chi connectivity index (χ0) is 16.0. The third-order valence-electron chi connectivity index (χ3n) is 3.51. The Morgan fingerprint density at radius 3 is 2.68 bits per heavy atom. The van der Waals surface area contributed by atoms with Crippen LogP contribution in [0.15, 0.2) is 66.9 Å². The number of benzene rings is 1. The van der Waals surface area contributed by atoms with E-state index in [2.05, 4.69) is 54.4 Å². The Kier molecular flexibility index (Phi) is 9.80. The highest BCUT2D eigenvalue weighted by molar-refractivity contribution is 5.18. The van der Waals surface area contributed by atoms with Crippen LogP contribution < -0.4 is 11.1 Å². The first kappa shape index (κ1) is 18.2. The van der Waals surface area contributed by atoms with Gasteiger partial charge < -0.3 is 11.1 Å². The van der Waals surface area contributed by atoms with Crippen molar-refractivity contribution in [2.45, 2.75) is 45.1 Å². The minimum Gasteiger partial charge on any atom is -0.382 e. The molecule has 2 nitrogen and oxygen atoms in total. The third kappa shape index (κ3) is 9.19. The first-order chi connectivity index (χ1) is 10.7. The summed E-state index contributed by atoms with van der Waals surface area (Å²) in [6.07, 6.45) is 14.5. The number of unbranched alkanes of at least 4 members (excludes halogenated alkanes) is 3. The zero-order valence-electron chi connectivity index (χ0n) is 13.8. The predicted octanol–water partition coefficient (Wildman–Crippen LogP) is 4.35. The van der Waals surface area contributed by atoms with Gasteiger partial charge in [-0.2, -0.15) is 0 Å². The highest BCUT2D eigenvalue weighted by atomic mass is 14.9. The number of aryl methyl sites for hydroxylation is 1. The summed E-state index contributed by atoms with van der Waals surface area (Å²) in [5.41, 5.74) is 7.90. The van der Waals surface area contributed by atoms with Crippen molar-refractivity contribution in [2.75, 3.05) is 6.54 Å². The van der Waals surface area contributed by atoms with E-state index in [1.54, 1.807) is 0 Å².